The van der Waals surface area contributed by atoms with Gasteiger partial charge in [0.05, 0.1) is 6.42 Å². The van der Waals surface area contributed by atoms with E-state index in [0.717, 1.165) is 0 Å². The molecule has 0 amide bonds. The van der Waals surface area contributed by atoms with Crippen molar-refractivity contribution in [3.63, 3.8) is 0 Å². The summed E-state index contributed by atoms with van der Waals surface area (Å²) >= 11 is 0. The second kappa shape index (κ2) is 3.20. The van der Waals surface area contributed by atoms with Crippen LogP contribution in [-0.4, -0.2) is 16.4 Å². The van der Waals surface area contributed by atoms with E-state index in [9.17, 15) is 8.78 Å². The van der Waals surface area contributed by atoms with Gasteiger partial charge in [-0.25, -0.2) is 18.7 Å². The molecule has 0 atom stereocenters. The molecule has 1 aromatic rings. The molecule has 10 heavy (non-hydrogen) atoms. The average molecular weight is 144 g/mol. The van der Waals surface area contributed by atoms with Crippen LogP contribution in [0.15, 0.2) is 18.6 Å². The van der Waals surface area contributed by atoms with Crippen molar-refractivity contribution in [3.05, 3.63) is 24.3 Å². The first-order valence-corrected chi connectivity index (χ1v) is 2.82. The topological polar surface area (TPSA) is 25.8 Å². The Morgan fingerprint density at radius 2 is 2.30 bits per heavy atom. The predicted octanol–water partition coefficient (Wildman–Crippen LogP) is 1.28. The molecule has 0 radical (unpaired) electrons. The van der Waals surface area contributed by atoms with E-state index in [1.807, 2.05) is 0 Å². The van der Waals surface area contributed by atoms with Crippen molar-refractivity contribution in [2.75, 3.05) is 0 Å². The van der Waals surface area contributed by atoms with Crippen LogP contribution in [0.2, 0.25) is 0 Å². The van der Waals surface area contributed by atoms with Crippen molar-refractivity contribution < 1.29 is 8.78 Å². The minimum atomic E-state index is -2.32. The molecular formula is C6H6F2N2. The zero-order chi connectivity index (χ0) is 7.40. The van der Waals surface area contributed by atoms with E-state index in [0.29, 0.717) is 5.69 Å². The quantitative estimate of drug-likeness (QED) is 0.624. The number of halogens is 2. The molecule has 1 aromatic heterocycles. The van der Waals surface area contributed by atoms with Crippen LogP contribution < -0.4 is 0 Å². The van der Waals surface area contributed by atoms with Gasteiger partial charge >= 0.3 is 0 Å². The van der Waals surface area contributed by atoms with Crippen LogP contribution in [0.25, 0.3) is 0 Å². The monoisotopic (exact) mass is 144 g/mol. The number of nitrogens with zero attached hydrogens (tertiary/aromatic N) is 2. The van der Waals surface area contributed by atoms with Crippen molar-refractivity contribution >= 4 is 0 Å². The SMILES string of the molecule is FC(F)Cc1ccncn1. The molecule has 4 heteroatoms. The zero-order valence-corrected chi connectivity index (χ0v) is 5.17. The Labute approximate surface area is 56.9 Å². The Balaban J connectivity index is 2.59. The van der Waals surface area contributed by atoms with Crippen molar-refractivity contribution in [2.24, 2.45) is 0 Å². The largest absolute Gasteiger partial charge is 0.245 e. The van der Waals surface area contributed by atoms with Gasteiger partial charge in [-0.15, -0.1) is 0 Å². The van der Waals surface area contributed by atoms with Gasteiger partial charge in [-0.1, -0.05) is 0 Å². The lowest BCUT2D eigenvalue weighted by molar-refractivity contribution is 0.148. The van der Waals surface area contributed by atoms with E-state index in [4.69, 9.17) is 0 Å². The Morgan fingerprint density at radius 1 is 1.50 bits per heavy atom. The highest BCUT2D eigenvalue weighted by Crippen LogP contribution is 2.01. The van der Waals surface area contributed by atoms with E-state index in [2.05, 4.69) is 9.97 Å². The summed E-state index contributed by atoms with van der Waals surface area (Å²) in [4.78, 5) is 7.22. The van der Waals surface area contributed by atoms with Crippen LogP contribution in [-0.2, 0) is 6.42 Å². The first-order valence-electron chi connectivity index (χ1n) is 2.82. The summed E-state index contributed by atoms with van der Waals surface area (Å²) in [6.45, 7) is 0. The molecule has 54 valence electrons. The average Bonchev–Trinajstić information content (AvgIpc) is 1.88. The first-order chi connectivity index (χ1) is 4.79. The Kier molecular flexibility index (Phi) is 2.25. The molecule has 0 N–H and O–H groups in total. The fraction of sp³-hybridized carbons (Fsp3) is 0.333. The maximum atomic E-state index is 11.7. The van der Waals surface area contributed by atoms with Gasteiger partial charge in [0.2, 0.25) is 6.43 Å². The highest BCUT2D eigenvalue weighted by atomic mass is 19.3. The molecule has 0 saturated heterocycles. The summed E-state index contributed by atoms with van der Waals surface area (Å²) in [6, 6.07) is 1.48. The van der Waals surface area contributed by atoms with Gasteiger partial charge in [0, 0.05) is 11.9 Å². The molecule has 0 bridgehead atoms. The second-order valence-corrected chi connectivity index (χ2v) is 1.80. The summed E-state index contributed by atoms with van der Waals surface area (Å²) in [6.07, 6.45) is 0.0974. The van der Waals surface area contributed by atoms with Crippen LogP contribution in [0.4, 0.5) is 8.78 Å². The fourth-order valence-corrected chi connectivity index (χ4v) is 0.597. The van der Waals surface area contributed by atoms with E-state index < -0.39 is 6.43 Å². The zero-order valence-electron chi connectivity index (χ0n) is 5.17. The normalized spacial score (nSPS) is 10.3. The van der Waals surface area contributed by atoms with Gasteiger partial charge < -0.3 is 0 Å². The lowest BCUT2D eigenvalue weighted by Crippen LogP contribution is -1.98. The predicted molar refractivity (Wildman–Crippen MR) is 31.7 cm³/mol. The molecule has 0 unspecified atom stereocenters. The number of aromatic nitrogens is 2. The third-order valence-electron chi connectivity index (χ3n) is 1.01. The molecule has 2 nitrogen and oxygen atoms in total. The van der Waals surface area contributed by atoms with Gasteiger partial charge in [-0.05, 0) is 6.07 Å². The molecule has 0 aliphatic carbocycles. The number of alkyl halides is 2. The van der Waals surface area contributed by atoms with E-state index in [1.165, 1.54) is 18.6 Å². The molecule has 1 heterocycles. The minimum absolute atomic E-state index is 0.289. The van der Waals surface area contributed by atoms with E-state index >= 15 is 0 Å². The highest BCUT2D eigenvalue weighted by molar-refractivity contribution is 4.97. The molecule has 0 spiro atoms. The van der Waals surface area contributed by atoms with Gasteiger partial charge in [0.15, 0.2) is 0 Å². The van der Waals surface area contributed by atoms with Gasteiger partial charge in [0.25, 0.3) is 0 Å². The summed E-state index contributed by atoms with van der Waals surface area (Å²) in [7, 11) is 0. The fourth-order valence-electron chi connectivity index (χ4n) is 0.597. The Hall–Kier alpha value is -1.06. The maximum absolute atomic E-state index is 11.7. The van der Waals surface area contributed by atoms with Crippen LogP contribution in [0.1, 0.15) is 5.69 Å². The van der Waals surface area contributed by atoms with Crippen LogP contribution in [0.3, 0.4) is 0 Å². The van der Waals surface area contributed by atoms with Crippen molar-refractivity contribution in [2.45, 2.75) is 12.8 Å². The summed E-state index contributed by atoms with van der Waals surface area (Å²) in [5, 5.41) is 0. The lowest BCUT2D eigenvalue weighted by Gasteiger charge is -1.95. The van der Waals surface area contributed by atoms with Crippen LogP contribution in [0, 0.1) is 0 Å². The highest BCUT2D eigenvalue weighted by Gasteiger charge is 2.03. The summed E-state index contributed by atoms with van der Waals surface area (Å²) in [5.41, 5.74) is 0.380. The van der Waals surface area contributed by atoms with Crippen molar-refractivity contribution in [3.8, 4) is 0 Å². The molecule has 0 aliphatic rings. The lowest BCUT2D eigenvalue weighted by atomic mass is 10.3. The Bertz CT molecular complexity index is 188. The second-order valence-electron chi connectivity index (χ2n) is 1.80. The van der Waals surface area contributed by atoms with Gasteiger partial charge in [-0.3, -0.25) is 0 Å². The van der Waals surface area contributed by atoms with Crippen LogP contribution in [0.5, 0.6) is 0 Å². The van der Waals surface area contributed by atoms with E-state index in [-0.39, 0.29) is 6.42 Å². The standard InChI is InChI=1S/C6H6F2N2/c7-6(8)3-5-1-2-9-4-10-5/h1-2,4,6H,3H2. The first kappa shape index (κ1) is 7.05. The van der Waals surface area contributed by atoms with Crippen molar-refractivity contribution in [1.29, 1.82) is 0 Å². The van der Waals surface area contributed by atoms with Crippen LogP contribution >= 0.6 is 0 Å². The Morgan fingerprint density at radius 3 is 2.80 bits per heavy atom. The minimum Gasteiger partial charge on any atom is -0.245 e. The summed E-state index contributed by atoms with van der Waals surface area (Å²) < 4.78 is 23.3. The number of hydrogen-bond donors (Lipinski definition) is 0. The molecule has 0 fully saturated rings. The van der Waals surface area contributed by atoms with E-state index in [1.54, 1.807) is 0 Å². The molecule has 1 rings (SSSR count). The number of hydrogen-bond acceptors (Lipinski definition) is 2. The third-order valence-corrected chi connectivity index (χ3v) is 1.01. The maximum Gasteiger partial charge on any atom is 0.244 e. The third kappa shape index (κ3) is 2.05. The molecule has 0 saturated carbocycles. The van der Waals surface area contributed by atoms with Crippen molar-refractivity contribution in [1.82, 2.24) is 9.97 Å². The molecule has 0 aromatic carbocycles. The number of rotatable bonds is 2. The van der Waals surface area contributed by atoms with Gasteiger partial charge in [0.1, 0.15) is 6.33 Å². The molecular weight excluding hydrogens is 138 g/mol. The summed E-state index contributed by atoms with van der Waals surface area (Å²) in [5.74, 6) is 0. The molecule has 0 aliphatic heterocycles. The smallest absolute Gasteiger partial charge is 0.244 e. The van der Waals surface area contributed by atoms with Gasteiger partial charge in [-0.2, -0.15) is 0 Å².